The summed E-state index contributed by atoms with van der Waals surface area (Å²) in [7, 11) is 0. The molecule has 0 atom stereocenters. The Morgan fingerprint density at radius 3 is 2.06 bits per heavy atom. The number of nitrogens with zero attached hydrogens (tertiary/aromatic N) is 2. The van der Waals surface area contributed by atoms with Gasteiger partial charge in [0.25, 0.3) is 0 Å². The number of fused-ring (bicyclic) bond motifs is 5. The molecular weight excluding hydrogens is 400 g/mol. The predicted octanol–water partition coefficient (Wildman–Crippen LogP) is 8.05. The summed E-state index contributed by atoms with van der Waals surface area (Å²) in [5, 5.41) is 5.09. The van der Waals surface area contributed by atoms with Gasteiger partial charge in [-0.1, -0.05) is 83.1 Å². The molecule has 1 heterocycles. The quantitative estimate of drug-likeness (QED) is 0.270. The van der Waals surface area contributed by atoms with Crippen molar-refractivity contribution in [3.05, 3.63) is 95.8 Å². The Balaban J connectivity index is 1.65. The second-order valence-corrected chi connectivity index (χ2v) is 10.8. The van der Waals surface area contributed by atoms with E-state index in [0.29, 0.717) is 0 Å². The maximum atomic E-state index is 4.89. The van der Waals surface area contributed by atoms with Crippen molar-refractivity contribution >= 4 is 21.5 Å². The van der Waals surface area contributed by atoms with E-state index in [-0.39, 0.29) is 10.8 Å². The molecule has 0 unspecified atom stereocenters. The monoisotopic (exact) mass is 428 g/mol. The standard InChI is InChI=1S/C31H28N2/c1-30(2,3)25-17-22(14-21-12-8-9-13-23(21)25)28-27-29(33-18-32-28)24-15-19-10-6-7-11-20(19)16-26(24)31(27,4)5/h6-18H,1-5H3. The van der Waals surface area contributed by atoms with Gasteiger partial charge in [0, 0.05) is 22.1 Å². The average Bonchev–Trinajstić information content (AvgIpc) is 3.03. The number of hydrogen-bond donors (Lipinski definition) is 0. The molecule has 0 N–H and O–H groups in total. The largest absolute Gasteiger partial charge is 0.236 e. The predicted molar refractivity (Wildman–Crippen MR) is 139 cm³/mol. The number of rotatable bonds is 1. The zero-order valence-corrected chi connectivity index (χ0v) is 19.9. The van der Waals surface area contributed by atoms with Crippen molar-refractivity contribution in [3.63, 3.8) is 0 Å². The Bertz CT molecular complexity index is 1570. The normalized spacial score (nSPS) is 14.5. The molecule has 2 heteroatoms. The molecule has 0 amide bonds. The fourth-order valence-corrected chi connectivity index (χ4v) is 5.56. The van der Waals surface area contributed by atoms with E-state index < -0.39 is 0 Å². The van der Waals surface area contributed by atoms with Crippen LogP contribution in [0.5, 0.6) is 0 Å². The zero-order valence-electron chi connectivity index (χ0n) is 19.9. The maximum Gasteiger partial charge on any atom is 0.116 e. The van der Waals surface area contributed by atoms with Crippen LogP contribution in [0.2, 0.25) is 0 Å². The lowest BCUT2D eigenvalue weighted by Crippen LogP contribution is -2.17. The van der Waals surface area contributed by atoms with E-state index in [1.807, 2.05) is 0 Å². The summed E-state index contributed by atoms with van der Waals surface area (Å²) in [5.74, 6) is 0. The van der Waals surface area contributed by atoms with Crippen molar-refractivity contribution in [3.8, 4) is 22.5 Å². The first-order chi connectivity index (χ1) is 15.7. The van der Waals surface area contributed by atoms with Crippen molar-refractivity contribution in [1.82, 2.24) is 9.97 Å². The van der Waals surface area contributed by atoms with E-state index in [1.54, 1.807) is 6.33 Å². The molecule has 162 valence electrons. The Labute approximate surface area is 195 Å². The second kappa shape index (κ2) is 6.74. The Morgan fingerprint density at radius 2 is 1.33 bits per heavy atom. The van der Waals surface area contributed by atoms with E-state index in [2.05, 4.69) is 107 Å². The lowest BCUT2D eigenvalue weighted by Gasteiger charge is -2.25. The van der Waals surface area contributed by atoms with Crippen LogP contribution in [-0.2, 0) is 10.8 Å². The topological polar surface area (TPSA) is 25.8 Å². The lowest BCUT2D eigenvalue weighted by atomic mass is 9.78. The molecule has 6 rings (SSSR count). The van der Waals surface area contributed by atoms with E-state index in [1.165, 1.54) is 49.4 Å². The second-order valence-electron chi connectivity index (χ2n) is 10.8. The summed E-state index contributed by atoms with van der Waals surface area (Å²) in [5.41, 5.74) is 8.26. The molecule has 4 aromatic carbocycles. The first-order valence-electron chi connectivity index (χ1n) is 11.7. The van der Waals surface area contributed by atoms with Gasteiger partial charge in [-0.05, 0) is 62.4 Å². The van der Waals surface area contributed by atoms with Crippen molar-refractivity contribution < 1.29 is 0 Å². The van der Waals surface area contributed by atoms with Crippen LogP contribution in [-0.4, -0.2) is 9.97 Å². The molecule has 1 aromatic heterocycles. The van der Waals surface area contributed by atoms with E-state index in [9.17, 15) is 0 Å². The summed E-state index contributed by atoms with van der Waals surface area (Å²) < 4.78 is 0. The maximum absolute atomic E-state index is 4.89. The van der Waals surface area contributed by atoms with Crippen LogP contribution in [0.1, 0.15) is 51.3 Å². The van der Waals surface area contributed by atoms with Crippen LogP contribution in [0, 0.1) is 0 Å². The van der Waals surface area contributed by atoms with Crippen molar-refractivity contribution in [2.75, 3.05) is 0 Å². The Hall–Kier alpha value is -3.52. The minimum atomic E-state index is -0.182. The SMILES string of the molecule is CC(C)(C)c1cc(-c2ncnc3c2C(C)(C)c2cc4ccccc4cc2-3)cc2ccccc12. The summed E-state index contributed by atoms with van der Waals surface area (Å²) in [6, 6.07) is 26.6. The van der Waals surface area contributed by atoms with Crippen LogP contribution in [0.15, 0.2) is 79.1 Å². The fourth-order valence-electron chi connectivity index (χ4n) is 5.56. The first kappa shape index (κ1) is 20.1. The number of benzene rings is 4. The molecule has 0 radical (unpaired) electrons. The molecule has 33 heavy (non-hydrogen) atoms. The molecule has 0 fully saturated rings. The van der Waals surface area contributed by atoms with Crippen LogP contribution in [0.25, 0.3) is 44.1 Å². The van der Waals surface area contributed by atoms with Gasteiger partial charge in [-0.2, -0.15) is 0 Å². The highest BCUT2D eigenvalue weighted by atomic mass is 14.9. The molecule has 0 spiro atoms. The third kappa shape index (κ3) is 2.94. The highest BCUT2D eigenvalue weighted by molar-refractivity contribution is 5.96. The smallest absolute Gasteiger partial charge is 0.116 e. The molecule has 1 aliphatic rings. The minimum absolute atomic E-state index is 0.0298. The van der Waals surface area contributed by atoms with Gasteiger partial charge in [0.1, 0.15) is 6.33 Å². The van der Waals surface area contributed by atoms with Gasteiger partial charge in [-0.3, -0.25) is 0 Å². The molecule has 1 aliphatic carbocycles. The van der Waals surface area contributed by atoms with Gasteiger partial charge in [-0.25, -0.2) is 9.97 Å². The Morgan fingerprint density at radius 1 is 0.697 bits per heavy atom. The van der Waals surface area contributed by atoms with E-state index in [0.717, 1.165) is 11.4 Å². The van der Waals surface area contributed by atoms with Gasteiger partial charge in [0.15, 0.2) is 0 Å². The first-order valence-corrected chi connectivity index (χ1v) is 11.7. The third-order valence-corrected chi connectivity index (χ3v) is 7.23. The highest BCUT2D eigenvalue weighted by Gasteiger charge is 2.39. The molecule has 0 aliphatic heterocycles. The molecule has 0 saturated carbocycles. The van der Waals surface area contributed by atoms with Crippen LogP contribution >= 0.6 is 0 Å². The van der Waals surface area contributed by atoms with Gasteiger partial charge in [0.2, 0.25) is 0 Å². The average molecular weight is 429 g/mol. The molecule has 2 nitrogen and oxygen atoms in total. The van der Waals surface area contributed by atoms with Gasteiger partial charge >= 0.3 is 0 Å². The molecular formula is C31H28N2. The Kier molecular flexibility index (Phi) is 4.11. The van der Waals surface area contributed by atoms with E-state index in [4.69, 9.17) is 9.97 Å². The summed E-state index contributed by atoms with van der Waals surface area (Å²) in [6.45, 7) is 11.5. The molecule has 0 bridgehead atoms. The van der Waals surface area contributed by atoms with Gasteiger partial charge in [-0.15, -0.1) is 0 Å². The minimum Gasteiger partial charge on any atom is -0.236 e. The fraction of sp³-hybridized carbons (Fsp3) is 0.226. The molecule has 0 saturated heterocycles. The highest BCUT2D eigenvalue weighted by Crippen LogP contribution is 2.52. The van der Waals surface area contributed by atoms with E-state index >= 15 is 0 Å². The van der Waals surface area contributed by atoms with Crippen molar-refractivity contribution in [2.45, 2.75) is 45.4 Å². The van der Waals surface area contributed by atoms with Crippen LogP contribution in [0.4, 0.5) is 0 Å². The lowest BCUT2D eigenvalue weighted by molar-refractivity contribution is 0.596. The zero-order chi connectivity index (χ0) is 23.0. The van der Waals surface area contributed by atoms with Crippen molar-refractivity contribution in [1.29, 1.82) is 0 Å². The third-order valence-electron chi connectivity index (χ3n) is 7.23. The van der Waals surface area contributed by atoms with Crippen LogP contribution < -0.4 is 0 Å². The van der Waals surface area contributed by atoms with Crippen molar-refractivity contribution in [2.24, 2.45) is 0 Å². The van der Waals surface area contributed by atoms with Gasteiger partial charge < -0.3 is 0 Å². The number of hydrogen-bond acceptors (Lipinski definition) is 2. The number of aromatic nitrogens is 2. The summed E-state index contributed by atoms with van der Waals surface area (Å²) >= 11 is 0. The van der Waals surface area contributed by atoms with Crippen LogP contribution in [0.3, 0.4) is 0 Å². The van der Waals surface area contributed by atoms with Gasteiger partial charge in [0.05, 0.1) is 11.4 Å². The molecule has 5 aromatic rings. The summed E-state index contributed by atoms with van der Waals surface area (Å²) in [4.78, 5) is 9.70. The summed E-state index contributed by atoms with van der Waals surface area (Å²) in [6.07, 6.45) is 1.74.